The van der Waals surface area contributed by atoms with Crippen molar-refractivity contribution in [1.29, 1.82) is 0 Å². The SMILES string of the molecule is O=C(Nc1ccc(C(=O)N2CCC(NS(=O)(=O)c3ccc(Cl)cc3)CC2)cc1)c1ccco1. The minimum Gasteiger partial charge on any atom is -0.459 e. The molecule has 4 rings (SSSR count). The maximum absolute atomic E-state index is 12.8. The van der Waals surface area contributed by atoms with Crippen molar-refractivity contribution >= 4 is 39.1 Å². The van der Waals surface area contributed by atoms with Gasteiger partial charge in [-0.2, -0.15) is 0 Å². The molecular formula is C23H22ClN3O5S. The lowest BCUT2D eigenvalue weighted by Gasteiger charge is -2.32. The first-order valence-electron chi connectivity index (χ1n) is 10.3. The molecule has 8 nitrogen and oxygen atoms in total. The minimum atomic E-state index is -3.65. The van der Waals surface area contributed by atoms with E-state index >= 15 is 0 Å². The van der Waals surface area contributed by atoms with Crippen LogP contribution in [0.15, 0.2) is 76.2 Å². The van der Waals surface area contributed by atoms with Crippen molar-refractivity contribution in [2.45, 2.75) is 23.8 Å². The first kappa shape index (κ1) is 23.0. The van der Waals surface area contributed by atoms with Gasteiger partial charge in [-0.25, -0.2) is 13.1 Å². The molecule has 1 aliphatic heterocycles. The Kier molecular flexibility index (Phi) is 6.83. The van der Waals surface area contributed by atoms with Crippen molar-refractivity contribution in [3.63, 3.8) is 0 Å². The fourth-order valence-electron chi connectivity index (χ4n) is 3.58. The summed E-state index contributed by atoms with van der Waals surface area (Å²) in [4.78, 5) is 26.7. The van der Waals surface area contributed by atoms with Crippen molar-refractivity contribution in [1.82, 2.24) is 9.62 Å². The number of carbonyl (C=O) groups is 2. The van der Waals surface area contributed by atoms with Gasteiger partial charge >= 0.3 is 0 Å². The number of nitrogens with zero attached hydrogens (tertiary/aromatic N) is 1. The molecule has 0 radical (unpaired) electrons. The lowest BCUT2D eigenvalue weighted by molar-refractivity contribution is 0.0711. The zero-order valence-corrected chi connectivity index (χ0v) is 19.1. The zero-order chi connectivity index (χ0) is 23.4. The van der Waals surface area contributed by atoms with E-state index in [1.54, 1.807) is 41.3 Å². The predicted molar refractivity (Wildman–Crippen MR) is 124 cm³/mol. The summed E-state index contributed by atoms with van der Waals surface area (Å²) in [6.45, 7) is 0.868. The summed E-state index contributed by atoms with van der Waals surface area (Å²) < 4.78 is 32.9. The number of hydrogen-bond acceptors (Lipinski definition) is 5. The first-order chi connectivity index (χ1) is 15.8. The summed E-state index contributed by atoms with van der Waals surface area (Å²) in [6.07, 6.45) is 2.44. The van der Waals surface area contributed by atoms with Crippen LogP contribution >= 0.6 is 11.6 Å². The Morgan fingerprint density at radius 1 is 0.970 bits per heavy atom. The molecule has 3 aromatic rings. The number of nitrogens with one attached hydrogen (secondary N) is 2. The van der Waals surface area contributed by atoms with Gasteiger partial charge in [0.2, 0.25) is 10.0 Å². The Balaban J connectivity index is 1.31. The van der Waals surface area contributed by atoms with Crippen LogP contribution in [0.25, 0.3) is 0 Å². The van der Waals surface area contributed by atoms with Crippen molar-refractivity contribution in [2.75, 3.05) is 18.4 Å². The molecular weight excluding hydrogens is 466 g/mol. The number of rotatable bonds is 6. The van der Waals surface area contributed by atoms with E-state index in [1.807, 2.05) is 0 Å². The summed E-state index contributed by atoms with van der Waals surface area (Å²) in [5.74, 6) is -0.315. The number of likely N-dealkylation sites (tertiary alicyclic amines) is 1. The van der Waals surface area contributed by atoms with Gasteiger partial charge in [0, 0.05) is 35.4 Å². The highest BCUT2D eigenvalue weighted by atomic mass is 35.5. The van der Waals surface area contributed by atoms with Crippen LogP contribution in [0.4, 0.5) is 5.69 Å². The maximum Gasteiger partial charge on any atom is 0.291 e. The largest absolute Gasteiger partial charge is 0.459 e. The molecule has 10 heteroatoms. The molecule has 0 unspecified atom stereocenters. The van der Waals surface area contributed by atoms with Crippen LogP contribution in [0.3, 0.4) is 0 Å². The number of anilines is 1. The van der Waals surface area contributed by atoms with E-state index in [9.17, 15) is 18.0 Å². The molecule has 2 aromatic carbocycles. The van der Waals surface area contributed by atoms with E-state index in [0.29, 0.717) is 42.2 Å². The topological polar surface area (TPSA) is 109 Å². The van der Waals surface area contributed by atoms with E-state index in [2.05, 4.69) is 10.0 Å². The molecule has 1 saturated heterocycles. The van der Waals surface area contributed by atoms with Gasteiger partial charge in [-0.15, -0.1) is 0 Å². The number of benzene rings is 2. The third-order valence-electron chi connectivity index (χ3n) is 5.36. The second kappa shape index (κ2) is 9.78. The molecule has 172 valence electrons. The Labute approximate surface area is 196 Å². The molecule has 1 aromatic heterocycles. The average molecular weight is 488 g/mol. The van der Waals surface area contributed by atoms with Gasteiger partial charge in [0.1, 0.15) is 0 Å². The second-order valence-corrected chi connectivity index (χ2v) is 9.80. The Morgan fingerprint density at radius 2 is 1.64 bits per heavy atom. The number of piperidine rings is 1. The lowest BCUT2D eigenvalue weighted by atomic mass is 10.0. The molecule has 1 aliphatic rings. The van der Waals surface area contributed by atoms with Crippen molar-refractivity contribution in [3.05, 3.63) is 83.3 Å². The van der Waals surface area contributed by atoms with Crippen LogP contribution in [-0.4, -0.2) is 44.3 Å². The van der Waals surface area contributed by atoms with Gasteiger partial charge in [0.15, 0.2) is 5.76 Å². The van der Waals surface area contributed by atoms with Gasteiger partial charge in [0.05, 0.1) is 11.2 Å². The zero-order valence-electron chi connectivity index (χ0n) is 17.5. The molecule has 0 bridgehead atoms. The van der Waals surface area contributed by atoms with Gasteiger partial charge in [-0.05, 0) is 73.5 Å². The summed E-state index contributed by atoms with van der Waals surface area (Å²) in [5.41, 5.74) is 1.04. The highest BCUT2D eigenvalue weighted by Crippen LogP contribution is 2.19. The number of amides is 2. The summed E-state index contributed by atoms with van der Waals surface area (Å²) >= 11 is 5.83. The van der Waals surface area contributed by atoms with Crippen LogP contribution in [0.5, 0.6) is 0 Å². The van der Waals surface area contributed by atoms with Gasteiger partial charge in [-0.1, -0.05) is 11.6 Å². The third kappa shape index (κ3) is 5.62. The fraction of sp³-hybridized carbons (Fsp3) is 0.217. The Bertz CT molecular complexity index is 1220. The predicted octanol–water partition coefficient (Wildman–Crippen LogP) is 3.77. The van der Waals surface area contributed by atoms with E-state index in [0.717, 1.165) is 0 Å². The fourth-order valence-corrected chi connectivity index (χ4v) is 5.01. The maximum atomic E-state index is 12.8. The molecule has 0 saturated carbocycles. The Hall–Kier alpha value is -3.14. The minimum absolute atomic E-state index is 0.141. The number of sulfonamides is 1. The second-order valence-electron chi connectivity index (χ2n) is 7.65. The number of carbonyl (C=O) groups excluding carboxylic acids is 2. The monoisotopic (exact) mass is 487 g/mol. The van der Waals surface area contributed by atoms with Crippen molar-refractivity contribution in [2.24, 2.45) is 0 Å². The highest BCUT2D eigenvalue weighted by Gasteiger charge is 2.27. The summed E-state index contributed by atoms with van der Waals surface area (Å²) in [5, 5.41) is 3.17. The smallest absolute Gasteiger partial charge is 0.291 e. The van der Waals surface area contributed by atoms with Crippen LogP contribution in [-0.2, 0) is 10.0 Å². The quantitative estimate of drug-likeness (QED) is 0.550. The first-order valence-corrected chi connectivity index (χ1v) is 12.2. The van der Waals surface area contributed by atoms with E-state index in [-0.39, 0.29) is 28.5 Å². The Morgan fingerprint density at radius 3 is 2.24 bits per heavy atom. The third-order valence-corrected chi connectivity index (χ3v) is 7.15. The molecule has 2 amide bonds. The number of halogens is 1. The molecule has 2 heterocycles. The lowest BCUT2D eigenvalue weighted by Crippen LogP contribution is -2.46. The molecule has 33 heavy (non-hydrogen) atoms. The summed E-state index contributed by atoms with van der Waals surface area (Å²) in [6, 6.07) is 15.5. The van der Waals surface area contributed by atoms with Crippen LogP contribution in [0, 0.1) is 0 Å². The van der Waals surface area contributed by atoms with Gasteiger partial charge in [0.25, 0.3) is 11.8 Å². The molecule has 2 N–H and O–H groups in total. The van der Waals surface area contributed by atoms with Crippen molar-refractivity contribution in [3.8, 4) is 0 Å². The standard InChI is InChI=1S/C23H22ClN3O5S/c24-17-5-9-20(10-6-17)33(30,31)26-19-11-13-27(14-12-19)23(29)16-3-7-18(8-4-16)25-22(28)21-2-1-15-32-21/h1-10,15,19,26H,11-14H2,(H,25,28). The molecule has 1 fully saturated rings. The number of furan rings is 1. The van der Waals surface area contributed by atoms with E-state index < -0.39 is 10.0 Å². The van der Waals surface area contributed by atoms with Crippen LogP contribution in [0.1, 0.15) is 33.8 Å². The van der Waals surface area contributed by atoms with Gasteiger partial charge in [-0.3, -0.25) is 9.59 Å². The van der Waals surface area contributed by atoms with Crippen LogP contribution < -0.4 is 10.0 Å². The normalized spacial score (nSPS) is 14.8. The summed E-state index contributed by atoms with van der Waals surface area (Å²) in [7, 11) is -3.65. The van der Waals surface area contributed by atoms with Crippen LogP contribution in [0.2, 0.25) is 5.02 Å². The number of hydrogen-bond donors (Lipinski definition) is 2. The van der Waals surface area contributed by atoms with E-state index in [1.165, 1.54) is 30.5 Å². The molecule has 0 spiro atoms. The average Bonchev–Trinajstić information content (AvgIpc) is 3.35. The van der Waals surface area contributed by atoms with Crippen molar-refractivity contribution < 1.29 is 22.4 Å². The highest BCUT2D eigenvalue weighted by molar-refractivity contribution is 7.89. The molecule has 0 atom stereocenters. The van der Waals surface area contributed by atoms with E-state index in [4.69, 9.17) is 16.0 Å². The molecule has 0 aliphatic carbocycles. The van der Waals surface area contributed by atoms with Gasteiger partial charge < -0.3 is 14.6 Å².